The van der Waals surface area contributed by atoms with Gasteiger partial charge in [0.05, 0.1) is 17.5 Å². The van der Waals surface area contributed by atoms with Crippen molar-refractivity contribution in [1.82, 2.24) is 9.29 Å². The molecule has 3 aromatic rings. The molecule has 6 nitrogen and oxygen atoms in total. The summed E-state index contributed by atoms with van der Waals surface area (Å²) in [5.74, 6) is -0.255. The number of para-hydroxylation sites is 1. The zero-order valence-electron chi connectivity index (χ0n) is 15.0. The van der Waals surface area contributed by atoms with E-state index in [1.165, 1.54) is 4.31 Å². The lowest BCUT2D eigenvalue weighted by Gasteiger charge is -2.20. The first-order valence-corrected chi connectivity index (χ1v) is 10.4. The number of hydrogen-bond donors (Lipinski definition) is 1. The predicted molar refractivity (Wildman–Crippen MR) is 107 cm³/mol. The first-order valence-electron chi connectivity index (χ1n) is 8.56. The minimum atomic E-state index is -3.43. The molecule has 0 aliphatic heterocycles. The molecule has 1 aromatic heterocycles. The smallest absolute Gasteiger partial charge is 0.225 e. The van der Waals surface area contributed by atoms with Crippen LogP contribution in [-0.4, -0.2) is 36.4 Å². The Hall–Kier alpha value is -2.77. The van der Waals surface area contributed by atoms with E-state index in [4.69, 9.17) is 0 Å². The van der Waals surface area contributed by atoms with Crippen LogP contribution in [0.5, 0.6) is 0 Å². The lowest BCUT2D eigenvalue weighted by Crippen LogP contribution is -2.32. The monoisotopic (exact) mass is 383 g/mol. The molecular weight excluding hydrogens is 362 g/mol. The van der Waals surface area contributed by atoms with Crippen LogP contribution < -0.4 is 5.32 Å². The summed E-state index contributed by atoms with van der Waals surface area (Å²) in [4.78, 5) is 16.7. The Kier molecular flexibility index (Phi) is 5.83. The highest BCUT2D eigenvalue weighted by atomic mass is 32.2. The molecule has 0 saturated carbocycles. The molecule has 1 N–H and O–H groups in total. The van der Waals surface area contributed by atoms with Crippen LogP contribution in [-0.2, 0) is 21.4 Å². The molecule has 0 aliphatic rings. The molecule has 0 atom stereocenters. The Morgan fingerprint density at radius 2 is 1.78 bits per heavy atom. The van der Waals surface area contributed by atoms with Gasteiger partial charge in [-0.05, 0) is 17.7 Å². The van der Waals surface area contributed by atoms with Crippen molar-refractivity contribution >= 4 is 32.5 Å². The number of fused-ring (bicyclic) bond motifs is 1. The third kappa shape index (κ3) is 5.12. The van der Waals surface area contributed by atoms with E-state index in [0.717, 1.165) is 17.2 Å². The molecule has 0 unspecified atom stereocenters. The second-order valence-electron chi connectivity index (χ2n) is 6.26. The van der Waals surface area contributed by atoms with Crippen LogP contribution in [0.3, 0.4) is 0 Å². The fourth-order valence-electron chi connectivity index (χ4n) is 2.79. The maximum Gasteiger partial charge on any atom is 0.225 e. The van der Waals surface area contributed by atoms with Gasteiger partial charge < -0.3 is 5.32 Å². The maximum atomic E-state index is 12.4. The number of pyridine rings is 1. The number of benzene rings is 2. The van der Waals surface area contributed by atoms with Crippen molar-refractivity contribution in [3.63, 3.8) is 0 Å². The quantitative estimate of drug-likeness (QED) is 0.680. The Morgan fingerprint density at radius 3 is 2.52 bits per heavy atom. The van der Waals surface area contributed by atoms with Gasteiger partial charge in [-0.1, -0.05) is 48.5 Å². The Balaban J connectivity index is 1.67. The molecule has 0 bridgehead atoms. The van der Waals surface area contributed by atoms with E-state index >= 15 is 0 Å². The summed E-state index contributed by atoms with van der Waals surface area (Å²) in [6.45, 7) is 0.348. The topological polar surface area (TPSA) is 79.4 Å². The Labute approximate surface area is 158 Å². The first kappa shape index (κ1) is 19.0. The number of aromatic nitrogens is 1. The standard InChI is InChI=1S/C20H21N3O3S/c1-27(25,26)23(15-16-7-3-2-4-8-16)14-12-19(24)22-18-11-5-9-17-10-6-13-21-20(17)18/h2-11,13H,12,14-15H2,1H3,(H,22,24). The van der Waals surface area contributed by atoms with Crippen molar-refractivity contribution in [3.05, 3.63) is 72.4 Å². The van der Waals surface area contributed by atoms with Gasteiger partial charge in [-0.2, -0.15) is 4.31 Å². The lowest BCUT2D eigenvalue weighted by atomic mass is 10.2. The van der Waals surface area contributed by atoms with Crippen LogP contribution in [0.15, 0.2) is 66.9 Å². The van der Waals surface area contributed by atoms with Gasteiger partial charge in [0, 0.05) is 31.1 Å². The number of carbonyl (C=O) groups is 1. The zero-order chi connectivity index (χ0) is 19.3. The Morgan fingerprint density at radius 1 is 1.04 bits per heavy atom. The zero-order valence-corrected chi connectivity index (χ0v) is 15.8. The highest BCUT2D eigenvalue weighted by Gasteiger charge is 2.18. The van der Waals surface area contributed by atoms with Gasteiger partial charge >= 0.3 is 0 Å². The second-order valence-corrected chi connectivity index (χ2v) is 8.24. The summed E-state index contributed by atoms with van der Waals surface area (Å²) in [6.07, 6.45) is 2.88. The summed E-state index contributed by atoms with van der Waals surface area (Å²) in [5.41, 5.74) is 2.20. The van der Waals surface area contributed by atoms with Crippen LogP contribution in [0.2, 0.25) is 0 Å². The van der Waals surface area contributed by atoms with Crippen LogP contribution in [0, 0.1) is 0 Å². The maximum absolute atomic E-state index is 12.4. The molecule has 2 aromatic carbocycles. The van der Waals surface area contributed by atoms with E-state index in [1.54, 1.807) is 12.3 Å². The lowest BCUT2D eigenvalue weighted by molar-refractivity contribution is -0.116. The molecule has 0 fully saturated rings. The van der Waals surface area contributed by atoms with Crippen LogP contribution in [0.1, 0.15) is 12.0 Å². The molecule has 0 spiro atoms. The van der Waals surface area contributed by atoms with Crippen molar-refractivity contribution in [2.75, 3.05) is 18.1 Å². The Bertz CT molecular complexity index is 1030. The average Bonchev–Trinajstić information content (AvgIpc) is 2.65. The average molecular weight is 383 g/mol. The summed E-state index contributed by atoms with van der Waals surface area (Å²) >= 11 is 0. The summed E-state index contributed by atoms with van der Waals surface area (Å²) in [7, 11) is -3.43. The van der Waals surface area contributed by atoms with E-state index in [2.05, 4.69) is 10.3 Å². The van der Waals surface area contributed by atoms with Gasteiger partial charge in [0.15, 0.2) is 0 Å². The summed E-state index contributed by atoms with van der Waals surface area (Å²) < 4.78 is 25.4. The van der Waals surface area contributed by atoms with E-state index < -0.39 is 10.0 Å². The molecule has 27 heavy (non-hydrogen) atoms. The number of nitrogens with zero attached hydrogens (tertiary/aromatic N) is 2. The van der Waals surface area contributed by atoms with Gasteiger partial charge in [-0.3, -0.25) is 9.78 Å². The number of nitrogens with one attached hydrogen (secondary N) is 1. The first-order chi connectivity index (χ1) is 12.9. The molecule has 0 saturated heterocycles. The van der Waals surface area contributed by atoms with Crippen molar-refractivity contribution in [2.45, 2.75) is 13.0 Å². The number of carbonyl (C=O) groups excluding carboxylic acids is 1. The summed E-state index contributed by atoms with van der Waals surface area (Å²) in [5, 5.41) is 3.76. The minimum absolute atomic E-state index is 0.0587. The van der Waals surface area contributed by atoms with Gasteiger partial charge in [-0.25, -0.2) is 8.42 Å². The number of anilines is 1. The predicted octanol–water partition coefficient (Wildman–Crippen LogP) is 3.03. The van der Waals surface area contributed by atoms with Crippen molar-refractivity contribution < 1.29 is 13.2 Å². The second kappa shape index (κ2) is 8.28. The van der Waals surface area contributed by atoms with Crippen molar-refractivity contribution in [2.24, 2.45) is 0 Å². The van der Waals surface area contributed by atoms with E-state index in [9.17, 15) is 13.2 Å². The van der Waals surface area contributed by atoms with Crippen LogP contribution >= 0.6 is 0 Å². The number of hydrogen-bond acceptors (Lipinski definition) is 4. The van der Waals surface area contributed by atoms with Crippen molar-refractivity contribution in [1.29, 1.82) is 0 Å². The van der Waals surface area contributed by atoms with Gasteiger partial charge in [0.1, 0.15) is 0 Å². The third-order valence-electron chi connectivity index (χ3n) is 4.17. The minimum Gasteiger partial charge on any atom is -0.324 e. The molecular formula is C20H21N3O3S. The van der Waals surface area contributed by atoms with Crippen LogP contribution in [0.25, 0.3) is 10.9 Å². The van der Waals surface area contributed by atoms with Gasteiger partial charge in [0.25, 0.3) is 0 Å². The third-order valence-corrected chi connectivity index (χ3v) is 5.42. The molecule has 1 amide bonds. The SMILES string of the molecule is CS(=O)(=O)N(CCC(=O)Nc1cccc2cccnc12)Cc1ccccc1. The molecule has 1 heterocycles. The molecule has 3 rings (SSSR count). The number of rotatable bonds is 7. The summed E-state index contributed by atoms with van der Waals surface area (Å²) in [6, 6.07) is 18.6. The van der Waals surface area contributed by atoms with Crippen molar-refractivity contribution in [3.8, 4) is 0 Å². The highest BCUT2D eigenvalue weighted by Crippen LogP contribution is 2.20. The fourth-order valence-corrected chi connectivity index (χ4v) is 3.60. The van der Waals surface area contributed by atoms with E-state index in [1.807, 2.05) is 54.6 Å². The highest BCUT2D eigenvalue weighted by molar-refractivity contribution is 7.88. The van der Waals surface area contributed by atoms with E-state index in [-0.39, 0.29) is 25.4 Å². The largest absolute Gasteiger partial charge is 0.324 e. The molecule has 0 radical (unpaired) electrons. The molecule has 0 aliphatic carbocycles. The molecule has 7 heteroatoms. The molecule has 140 valence electrons. The fraction of sp³-hybridized carbons (Fsp3) is 0.200. The van der Waals surface area contributed by atoms with Crippen LogP contribution in [0.4, 0.5) is 5.69 Å². The normalized spacial score (nSPS) is 11.6. The van der Waals surface area contributed by atoms with Gasteiger partial charge in [0.2, 0.25) is 15.9 Å². The van der Waals surface area contributed by atoms with Gasteiger partial charge in [-0.15, -0.1) is 0 Å². The number of sulfonamides is 1. The number of amides is 1. The van der Waals surface area contributed by atoms with E-state index in [0.29, 0.717) is 11.2 Å².